The number of anilines is 3. The number of piperazine rings is 1. The van der Waals surface area contributed by atoms with Crippen molar-refractivity contribution in [3.05, 3.63) is 53.9 Å². The van der Waals surface area contributed by atoms with Crippen LogP contribution in [0.1, 0.15) is 25.0 Å². The highest BCUT2D eigenvalue weighted by molar-refractivity contribution is 5.87. The number of halogens is 3. The number of carbonyl (C=O) groups excluding carboxylic acids is 1. The summed E-state index contributed by atoms with van der Waals surface area (Å²) < 4.78 is 49.5. The van der Waals surface area contributed by atoms with E-state index < -0.39 is 11.7 Å². The first kappa shape index (κ1) is 28.2. The van der Waals surface area contributed by atoms with Crippen LogP contribution in [0.15, 0.2) is 42.7 Å². The highest BCUT2D eigenvalue weighted by Gasteiger charge is 2.34. The average molecular weight is 570 g/mol. The number of aromatic nitrogens is 5. The molecule has 11 nitrogen and oxygen atoms in total. The monoisotopic (exact) mass is 569 g/mol. The lowest BCUT2D eigenvalue weighted by Gasteiger charge is -2.34. The van der Waals surface area contributed by atoms with Crippen molar-refractivity contribution in [1.29, 1.82) is 0 Å². The molecule has 41 heavy (non-hydrogen) atoms. The van der Waals surface area contributed by atoms with E-state index in [0.717, 1.165) is 38.8 Å². The van der Waals surface area contributed by atoms with E-state index in [2.05, 4.69) is 47.3 Å². The molecule has 0 bridgehead atoms. The van der Waals surface area contributed by atoms with Gasteiger partial charge in [-0.3, -0.25) is 14.3 Å². The number of carbonyl (C=O) groups is 1. The van der Waals surface area contributed by atoms with E-state index in [1.165, 1.54) is 31.5 Å². The Balaban J connectivity index is 1.34. The zero-order chi connectivity index (χ0) is 29.1. The summed E-state index contributed by atoms with van der Waals surface area (Å²) in [7, 11) is 1.69. The summed E-state index contributed by atoms with van der Waals surface area (Å²) in [4.78, 5) is 32.7. The Morgan fingerprint density at radius 1 is 1.05 bits per heavy atom. The Hall–Kier alpha value is -4.30. The van der Waals surface area contributed by atoms with Gasteiger partial charge in [0.15, 0.2) is 5.65 Å². The number of alkyl halides is 3. The fourth-order valence-corrected chi connectivity index (χ4v) is 4.65. The van der Waals surface area contributed by atoms with E-state index in [9.17, 15) is 18.0 Å². The van der Waals surface area contributed by atoms with Crippen molar-refractivity contribution in [2.45, 2.75) is 26.6 Å². The van der Waals surface area contributed by atoms with Crippen LogP contribution in [-0.4, -0.2) is 72.9 Å². The van der Waals surface area contributed by atoms with Crippen LogP contribution in [0.25, 0.3) is 11.2 Å². The molecule has 14 heteroatoms. The van der Waals surface area contributed by atoms with Gasteiger partial charge in [-0.1, -0.05) is 13.0 Å². The topological polar surface area (TPSA) is 113 Å². The van der Waals surface area contributed by atoms with Gasteiger partial charge in [0.25, 0.3) is 0 Å². The number of fused-ring (bicyclic) bond motifs is 1. The van der Waals surface area contributed by atoms with Crippen molar-refractivity contribution in [2.24, 2.45) is 7.05 Å². The van der Waals surface area contributed by atoms with Gasteiger partial charge in [0.1, 0.15) is 17.1 Å². The second-order valence-electron chi connectivity index (χ2n) is 9.72. The molecular weight excluding hydrogens is 539 g/mol. The highest BCUT2D eigenvalue weighted by Crippen LogP contribution is 2.35. The van der Waals surface area contributed by atoms with Crippen LogP contribution in [0.2, 0.25) is 0 Å². The number of likely N-dealkylation sites (N-methyl/N-ethyl adjacent to an activating group) is 1. The number of pyridine rings is 1. The van der Waals surface area contributed by atoms with Crippen LogP contribution in [0.5, 0.6) is 11.8 Å². The fraction of sp³-hybridized carbons (Fsp3) is 0.370. The predicted octanol–water partition coefficient (Wildman–Crippen LogP) is 4.41. The first-order valence-electron chi connectivity index (χ1n) is 13.1. The Morgan fingerprint density at radius 3 is 2.51 bits per heavy atom. The number of aryl methyl sites for hydroxylation is 1. The Bertz CT molecular complexity index is 1550. The summed E-state index contributed by atoms with van der Waals surface area (Å²) in [5.74, 6) is 0.687. The van der Waals surface area contributed by atoms with Crippen molar-refractivity contribution >= 4 is 34.5 Å². The number of nitrogens with zero attached hydrogens (tertiary/aromatic N) is 7. The van der Waals surface area contributed by atoms with Gasteiger partial charge in [-0.25, -0.2) is 15.0 Å². The average Bonchev–Trinajstić information content (AvgIpc) is 3.23. The fourth-order valence-electron chi connectivity index (χ4n) is 4.65. The molecule has 4 heterocycles. The van der Waals surface area contributed by atoms with Crippen molar-refractivity contribution in [1.82, 2.24) is 34.3 Å². The summed E-state index contributed by atoms with van der Waals surface area (Å²) in [5.41, 5.74) is 0.651. The summed E-state index contributed by atoms with van der Waals surface area (Å²) in [5, 5.41) is 5.56. The molecule has 1 aromatic carbocycles. The molecule has 0 aliphatic carbocycles. The third-order valence-electron chi connectivity index (χ3n) is 6.81. The maximum atomic E-state index is 14.1. The number of ether oxygens (including phenoxy) is 1. The Morgan fingerprint density at radius 2 is 1.80 bits per heavy atom. The molecule has 4 aromatic rings. The lowest BCUT2D eigenvalue weighted by atomic mass is 10.0. The first-order valence-corrected chi connectivity index (χ1v) is 13.1. The van der Waals surface area contributed by atoms with E-state index in [4.69, 9.17) is 4.74 Å². The minimum absolute atomic E-state index is 0.0236. The molecule has 2 N–H and O–H groups in total. The van der Waals surface area contributed by atoms with Gasteiger partial charge in [0, 0.05) is 64.6 Å². The summed E-state index contributed by atoms with van der Waals surface area (Å²) in [6, 6.07) is 7.40. The summed E-state index contributed by atoms with van der Waals surface area (Å²) >= 11 is 0. The number of hydrogen-bond acceptors (Lipinski definition) is 9. The molecule has 0 radical (unpaired) electrons. The van der Waals surface area contributed by atoms with E-state index in [-0.39, 0.29) is 29.7 Å². The quantitative estimate of drug-likeness (QED) is 0.319. The van der Waals surface area contributed by atoms with Gasteiger partial charge in [0.2, 0.25) is 11.9 Å². The molecule has 0 saturated carbocycles. The molecule has 1 amide bonds. The highest BCUT2D eigenvalue weighted by atomic mass is 19.4. The smallest absolute Gasteiger partial charge is 0.416 e. The molecule has 5 rings (SSSR count). The molecule has 1 saturated heterocycles. The SMILES string of the molecule is CCN1CCN(Cc2ccc(Nc3nc4cnc(Oc5ccnc(NC(C)=O)c5)nc4n3C)cc2C(F)(F)F)CC1. The second kappa shape index (κ2) is 11.7. The van der Waals surface area contributed by atoms with Crippen molar-refractivity contribution in [2.75, 3.05) is 43.4 Å². The first-order chi connectivity index (χ1) is 19.6. The van der Waals surface area contributed by atoms with Gasteiger partial charge in [-0.15, -0.1) is 0 Å². The normalized spacial score (nSPS) is 14.8. The van der Waals surface area contributed by atoms with Gasteiger partial charge < -0.3 is 20.3 Å². The molecule has 0 atom stereocenters. The Kier molecular flexibility index (Phi) is 8.03. The minimum atomic E-state index is -4.50. The third kappa shape index (κ3) is 6.72. The van der Waals surface area contributed by atoms with Gasteiger partial charge >= 0.3 is 12.2 Å². The third-order valence-corrected chi connectivity index (χ3v) is 6.81. The van der Waals surface area contributed by atoms with E-state index in [1.807, 2.05) is 0 Å². The van der Waals surface area contributed by atoms with E-state index in [1.54, 1.807) is 23.7 Å². The Labute approximate surface area is 234 Å². The predicted molar refractivity (Wildman–Crippen MR) is 147 cm³/mol. The largest absolute Gasteiger partial charge is 0.424 e. The van der Waals surface area contributed by atoms with Crippen LogP contribution < -0.4 is 15.4 Å². The maximum absolute atomic E-state index is 14.1. The minimum Gasteiger partial charge on any atom is -0.424 e. The summed E-state index contributed by atoms with van der Waals surface area (Å²) in [6.07, 6.45) is -1.57. The number of amides is 1. The van der Waals surface area contributed by atoms with Crippen LogP contribution in [0.3, 0.4) is 0 Å². The van der Waals surface area contributed by atoms with Crippen LogP contribution in [-0.2, 0) is 24.6 Å². The van der Waals surface area contributed by atoms with Crippen LogP contribution >= 0.6 is 0 Å². The molecule has 1 aliphatic rings. The molecule has 3 aromatic heterocycles. The van der Waals surface area contributed by atoms with Crippen molar-refractivity contribution in [3.63, 3.8) is 0 Å². The van der Waals surface area contributed by atoms with E-state index in [0.29, 0.717) is 28.7 Å². The van der Waals surface area contributed by atoms with Crippen LogP contribution in [0.4, 0.5) is 30.6 Å². The second-order valence-corrected chi connectivity index (χ2v) is 9.72. The van der Waals surface area contributed by atoms with E-state index >= 15 is 0 Å². The lowest BCUT2D eigenvalue weighted by molar-refractivity contribution is -0.138. The molecule has 1 aliphatic heterocycles. The molecule has 0 unspecified atom stereocenters. The molecule has 216 valence electrons. The number of hydrogen-bond donors (Lipinski definition) is 2. The standard InChI is InChI=1S/C27H30F3N9O2/c1-4-38-9-11-39(12-10-38)16-18-5-6-19(13-21(18)27(28,29)30)34-25-35-22-15-32-26(36-24(22)37(25)3)41-20-7-8-31-23(14-20)33-17(2)40/h5-8,13-15H,4,9-12,16H2,1-3H3,(H,34,35)(H,31,33,40). The lowest BCUT2D eigenvalue weighted by Crippen LogP contribution is -2.45. The van der Waals surface area contributed by atoms with Gasteiger partial charge in [-0.2, -0.15) is 18.2 Å². The number of rotatable bonds is 8. The number of benzene rings is 1. The van der Waals surface area contributed by atoms with Crippen molar-refractivity contribution in [3.8, 4) is 11.8 Å². The van der Waals surface area contributed by atoms with Gasteiger partial charge in [-0.05, 0) is 30.3 Å². The molecule has 1 fully saturated rings. The van der Waals surface area contributed by atoms with Gasteiger partial charge in [0.05, 0.1) is 11.8 Å². The number of imidazole rings is 1. The number of nitrogens with one attached hydrogen (secondary N) is 2. The zero-order valence-corrected chi connectivity index (χ0v) is 22.9. The maximum Gasteiger partial charge on any atom is 0.416 e. The zero-order valence-electron chi connectivity index (χ0n) is 22.9. The van der Waals surface area contributed by atoms with Crippen molar-refractivity contribution < 1.29 is 22.7 Å². The molecular formula is C27H30F3N9O2. The molecule has 0 spiro atoms. The summed E-state index contributed by atoms with van der Waals surface area (Å²) in [6.45, 7) is 7.79. The van der Waals surface area contributed by atoms with Crippen LogP contribution in [0, 0.1) is 0 Å².